The molecular weight excluding hydrogens is 266 g/mol. The lowest BCUT2D eigenvalue weighted by Crippen LogP contribution is -2.22. The van der Waals surface area contributed by atoms with Crippen LogP contribution in [0.15, 0.2) is 24.3 Å². The van der Waals surface area contributed by atoms with Crippen LogP contribution in [-0.4, -0.2) is 44.1 Å². The number of benzene rings is 1. The number of amides is 1. The number of carbonyl (C=O) groups excluding carboxylic acids is 1. The molecule has 3 N–H and O–H groups in total. The molecule has 1 aliphatic rings. The monoisotopic (exact) mass is 289 g/mol. The first-order valence-electron chi connectivity index (χ1n) is 7.20. The second-order valence-corrected chi connectivity index (χ2v) is 5.57. The zero-order chi connectivity index (χ0) is 15.2. The van der Waals surface area contributed by atoms with Crippen LogP contribution >= 0.6 is 0 Å². The van der Waals surface area contributed by atoms with Crippen LogP contribution in [-0.2, 0) is 4.79 Å². The molecule has 1 amide bonds. The Hall–Kier alpha value is -2.01. The smallest absolute Gasteiger partial charge is 0.244 e. The molecule has 0 unspecified atom stereocenters. The molecule has 0 atom stereocenters. The summed E-state index contributed by atoms with van der Waals surface area (Å²) in [5.74, 6) is 0.624. The normalized spacial score (nSPS) is 14.6. The molecule has 0 radical (unpaired) electrons. The molecule has 0 heterocycles. The SMILES string of the molecule is CN(C)CCOc1ccc(/C=C\C(=O)NC2CC2)cc1N. The van der Waals surface area contributed by atoms with Crippen molar-refractivity contribution in [1.82, 2.24) is 10.2 Å². The molecule has 1 aromatic carbocycles. The van der Waals surface area contributed by atoms with Crippen molar-refractivity contribution in [3.8, 4) is 5.75 Å². The van der Waals surface area contributed by atoms with Gasteiger partial charge in [0.15, 0.2) is 0 Å². The van der Waals surface area contributed by atoms with Gasteiger partial charge in [0, 0.05) is 18.7 Å². The van der Waals surface area contributed by atoms with Gasteiger partial charge in [-0.05, 0) is 50.7 Å². The van der Waals surface area contributed by atoms with E-state index in [1.165, 1.54) is 0 Å². The fourth-order valence-corrected chi connectivity index (χ4v) is 1.79. The topological polar surface area (TPSA) is 67.6 Å². The van der Waals surface area contributed by atoms with E-state index in [1.807, 2.05) is 37.2 Å². The first-order valence-corrected chi connectivity index (χ1v) is 7.20. The number of nitrogens with two attached hydrogens (primary N) is 1. The van der Waals surface area contributed by atoms with Gasteiger partial charge in [-0.1, -0.05) is 6.07 Å². The molecule has 21 heavy (non-hydrogen) atoms. The Kier molecular flexibility index (Phi) is 5.22. The van der Waals surface area contributed by atoms with Gasteiger partial charge in [0.25, 0.3) is 0 Å². The molecule has 0 saturated heterocycles. The molecule has 0 bridgehead atoms. The van der Waals surface area contributed by atoms with Crippen LogP contribution in [0.5, 0.6) is 5.75 Å². The van der Waals surface area contributed by atoms with Crippen LogP contribution in [0, 0.1) is 0 Å². The van der Waals surface area contributed by atoms with Gasteiger partial charge in [-0.3, -0.25) is 4.79 Å². The van der Waals surface area contributed by atoms with E-state index in [1.54, 1.807) is 12.2 Å². The fraction of sp³-hybridized carbons (Fsp3) is 0.438. The standard InChI is InChI=1S/C16H23N3O2/c1-19(2)9-10-21-15-7-3-12(11-14(15)17)4-8-16(20)18-13-5-6-13/h3-4,7-8,11,13H,5-6,9-10,17H2,1-2H3,(H,18,20)/b8-4-. The summed E-state index contributed by atoms with van der Waals surface area (Å²) in [7, 11) is 3.99. The van der Waals surface area contributed by atoms with Gasteiger partial charge in [-0.15, -0.1) is 0 Å². The number of anilines is 1. The molecule has 114 valence electrons. The van der Waals surface area contributed by atoms with E-state index in [0.717, 1.165) is 24.9 Å². The summed E-state index contributed by atoms with van der Waals surface area (Å²) >= 11 is 0. The van der Waals surface area contributed by atoms with E-state index in [2.05, 4.69) is 5.32 Å². The van der Waals surface area contributed by atoms with Crippen molar-refractivity contribution in [3.63, 3.8) is 0 Å². The lowest BCUT2D eigenvalue weighted by Gasteiger charge is -2.12. The van der Waals surface area contributed by atoms with Crippen molar-refractivity contribution in [2.45, 2.75) is 18.9 Å². The molecule has 1 saturated carbocycles. The van der Waals surface area contributed by atoms with Crippen LogP contribution in [0.25, 0.3) is 6.08 Å². The van der Waals surface area contributed by atoms with Gasteiger partial charge in [0.05, 0.1) is 5.69 Å². The third-order valence-corrected chi connectivity index (χ3v) is 3.18. The number of hydrogen-bond acceptors (Lipinski definition) is 4. The van der Waals surface area contributed by atoms with E-state index in [-0.39, 0.29) is 5.91 Å². The van der Waals surface area contributed by atoms with Crippen molar-refractivity contribution < 1.29 is 9.53 Å². The maximum atomic E-state index is 11.6. The van der Waals surface area contributed by atoms with E-state index in [4.69, 9.17) is 10.5 Å². The third kappa shape index (κ3) is 5.47. The maximum Gasteiger partial charge on any atom is 0.244 e. The van der Waals surface area contributed by atoms with Crippen LogP contribution < -0.4 is 15.8 Å². The van der Waals surface area contributed by atoms with Crippen molar-refractivity contribution >= 4 is 17.7 Å². The minimum atomic E-state index is -0.0534. The highest BCUT2D eigenvalue weighted by molar-refractivity contribution is 5.92. The Bertz CT molecular complexity index is 522. The van der Waals surface area contributed by atoms with Crippen molar-refractivity contribution in [2.24, 2.45) is 0 Å². The summed E-state index contributed by atoms with van der Waals surface area (Å²) in [6.07, 6.45) is 5.48. The first kappa shape index (κ1) is 15.4. The van der Waals surface area contributed by atoms with Crippen molar-refractivity contribution in [1.29, 1.82) is 0 Å². The molecule has 2 rings (SSSR count). The van der Waals surface area contributed by atoms with E-state index < -0.39 is 0 Å². The Morgan fingerprint density at radius 3 is 2.86 bits per heavy atom. The molecule has 0 aromatic heterocycles. The van der Waals surface area contributed by atoms with Gasteiger partial charge in [0.1, 0.15) is 12.4 Å². The number of ether oxygens (including phenoxy) is 1. The van der Waals surface area contributed by atoms with E-state index in [9.17, 15) is 4.79 Å². The van der Waals surface area contributed by atoms with Gasteiger partial charge in [-0.25, -0.2) is 0 Å². The summed E-state index contributed by atoms with van der Waals surface area (Å²) in [5, 5.41) is 2.90. The largest absolute Gasteiger partial charge is 0.490 e. The Morgan fingerprint density at radius 2 is 2.24 bits per heavy atom. The molecule has 5 heteroatoms. The molecule has 1 fully saturated rings. The zero-order valence-electron chi connectivity index (χ0n) is 12.6. The van der Waals surface area contributed by atoms with Gasteiger partial charge >= 0.3 is 0 Å². The number of rotatable bonds is 7. The highest BCUT2D eigenvalue weighted by Crippen LogP contribution is 2.23. The molecule has 5 nitrogen and oxygen atoms in total. The van der Waals surface area contributed by atoms with Crippen molar-refractivity contribution in [2.75, 3.05) is 33.0 Å². The predicted octanol–water partition coefficient (Wildman–Crippen LogP) is 1.50. The number of nitrogens with zero attached hydrogens (tertiary/aromatic N) is 1. The molecule has 0 aliphatic heterocycles. The third-order valence-electron chi connectivity index (χ3n) is 3.18. The molecule has 1 aromatic rings. The maximum absolute atomic E-state index is 11.6. The zero-order valence-corrected chi connectivity index (χ0v) is 12.6. The average molecular weight is 289 g/mol. The summed E-state index contributed by atoms with van der Waals surface area (Å²) in [6, 6.07) is 5.91. The number of nitrogen functional groups attached to an aromatic ring is 1. The van der Waals surface area contributed by atoms with Gasteiger partial charge in [-0.2, -0.15) is 0 Å². The Labute approximate surface area is 125 Å². The Morgan fingerprint density at radius 1 is 1.48 bits per heavy atom. The highest BCUT2D eigenvalue weighted by Gasteiger charge is 2.21. The van der Waals surface area contributed by atoms with Crippen LogP contribution in [0.4, 0.5) is 5.69 Å². The highest BCUT2D eigenvalue weighted by atomic mass is 16.5. The van der Waals surface area contributed by atoms with E-state index >= 15 is 0 Å². The number of likely N-dealkylation sites (N-methyl/N-ethyl adjacent to an activating group) is 1. The van der Waals surface area contributed by atoms with Crippen LogP contribution in [0.3, 0.4) is 0 Å². The summed E-state index contributed by atoms with van der Waals surface area (Å²) in [6.45, 7) is 1.43. The van der Waals surface area contributed by atoms with Crippen molar-refractivity contribution in [3.05, 3.63) is 29.8 Å². The van der Waals surface area contributed by atoms with E-state index in [0.29, 0.717) is 24.1 Å². The lowest BCUT2D eigenvalue weighted by molar-refractivity contribution is -0.116. The Balaban J connectivity index is 1.88. The van der Waals surface area contributed by atoms with Crippen LogP contribution in [0.2, 0.25) is 0 Å². The average Bonchev–Trinajstić information content (AvgIpc) is 3.22. The quantitative estimate of drug-likeness (QED) is 0.589. The van der Waals surface area contributed by atoms with Gasteiger partial charge < -0.3 is 20.7 Å². The second kappa shape index (κ2) is 7.13. The number of nitrogens with one attached hydrogen (secondary N) is 1. The minimum Gasteiger partial charge on any atom is -0.490 e. The number of carbonyl (C=O) groups is 1. The summed E-state index contributed by atoms with van der Waals surface area (Å²) in [4.78, 5) is 13.6. The second-order valence-electron chi connectivity index (χ2n) is 5.57. The van der Waals surface area contributed by atoms with Crippen LogP contribution in [0.1, 0.15) is 18.4 Å². The fourth-order valence-electron chi connectivity index (χ4n) is 1.79. The molecular formula is C16H23N3O2. The number of hydrogen-bond donors (Lipinski definition) is 2. The minimum absolute atomic E-state index is 0.0534. The first-order chi connectivity index (χ1) is 10.0. The summed E-state index contributed by atoms with van der Waals surface area (Å²) < 4.78 is 5.62. The molecule has 1 aliphatic carbocycles. The predicted molar refractivity (Wildman–Crippen MR) is 85.1 cm³/mol. The lowest BCUT2D eigenvalue weighted by atomic mass is 10.1. The molecule has 0 spiro atoms. The van der Waals surface area contributed by atoms with Gasteiger partial charge in [0.2, 0.25) is 5.91 Å². The summed E-state index contributed by atoms with van der Waals surface area (Å²) in [5.41, 5.74) is 7.43.